The van der Waals surface area contributed by atoms with Crippen LogP contribution in [0.15, 0.2) is 60.7 Å². The molecule has 0 aromatic heterocycles. The van der Waals surface area contributed by atoms with E-state index in [0.717, 1.165) is 6.42 Å². The van der Waals surface area contributed by atoms with Crippen LogP contribution in [0.4, 0.5) is 0 Å². The van der Waals surface area contributed by atoms with Crippen molar-refractivity contribution in [1.29, 1.82) is 0 Å². The monoisotopic (exact) mass is 407 g/mol. The molecule has 0 saturated carbocycles. The van der Waals surface area contributed by atoms with Crippen molar-refractivity contribution >= 4 is 5.91 Å². The summed E-state index contributed by atoms with van der Waals surface area (Å²) in [7, 11) is 0. The first-order valence-corrected chi connectivity index (χ1v) is 12.1. The van der Waals surface area contributed by atoms with Crippen LogP contribution in [-0.2, 0) is 17.9 Å². The van der Waals surface area contributed by atoms with Gasteiger partial charge in [0.15, 0.2) is 0 Å². The molecule has 0 aliphatic rings. The van der Waals surface area contributed by atoms with Crippen molar-refractivity contribution in [3.05, 3.63) is 71.8 Å². The van der Waals surface area contributed by atoms with Crippen LogP contribution in [0.2, 0.25) is 0 Å². The minimum Gasteiger partial charge on any atom is -0.334 e. The summed E-state index contributed by atoms with van der Waals surface area (Å²) in [4.78, 5) is 15.0. The molecule has 30 heavy (non-hydrogen) atoms. The lowest BCUT2D eigenvalue weighted by atomic mass is 10.0. The number of carbonyl (C=O) groups excluding carboxylic acids is 1. The Bertz CT molecular complexity index is 626. The van der Waals surface area contributed by atoms with E-state index in [9.17, 15) is 4.79 Å². The van der Waals surface area contributed by atoms with E-state index in [0.29, 0.717) is 19.5 Å². The summed E-state index contributed by atoms with van der Waals surface area (Å²) in [5.74, 6) is 0.277. The molecule has 164 valence electrons. The predicted molar refractivity (Wildman–Crippen MR) is 128 cm³/mol. The maximum absolute atomic E-state index is 12.9. The van der Waals surface area contributed by atoms with Gasteiger partial charge in [0.05, 0.1) is 0 Å². The fourth-order valence-corrected chi connectivity index (χ4v) is 3.94. The highest BCUT2D eigenvalue weighted by Crippen LogP contribution is 2.15. The molecule has 0 spiro atoms. The Labute approximate surface area is 184 Å². The maximum Gasteiger partial charge on any atom is 0.223 e. The molecule has 0 bridgehead atoms. The molecule has 2 nitrogen and oxygen atoms in total. The van der Waals surface area contributed by atoms with Crippen LogP contribution in [0.25, 0.3) is 0 Å². The maximum atomic E-state index is 12.9. The molecule has 0 N–H and O–H groups in total. The SMILES string of the molecule is CCCCCCCCCCCCCC(=O)N(Cc1ccccc1)Cc1ccccc1. The summed E-state index contributed by atoms with van der Waals surface area (Å²) >= 11 is 0. The number of unbranched alkanes of at least 4 members (excludes halogenated alkanes) is 10. The van der Waals surface area contributed by atoms with Gasteiger partial charge in [0.25, 0.3) is 0 Å². The summed E-state index contributed by atoms with van der Waals surface area (Å²) < 4.78 is 0. The molecule has 2 heteroatoms. The van der Waals surface area contributed by atoms with Gasteiger partial charge in [-0.1, -0.05) is 132 Å². The topological polar surface area (TPSA) is 20.3 Å². The van der Waals surface area contributed by atoms with Crippen LogP contribution < -0.4 is 0 Å². The second kappa shape index (κ2) is 15.7. The van der Waals surface area contributed by atoms with Crippen LogP contribution in [0.3, 0.4) is 0 Å². The van der Waals surface area contributed by atoms with Gasteiger partial charge >= 0.3 is 0 Å². The Hall–Kier alpha value is -2.09. The highest BCUT2D eigenvalue weighted by molar-refractivity contribution is 5.76. The third-order valence-electron chi connectivity index (χ3n) is 5.78. The standard InChI is InChI=1S/C28H41NO/c1-2-3-4-5-6-7-8-9-10-11-18-23-28(30)29(24-26-19-14-12-15-20-26)25-27-21-16-13-17-22-27/h12-17,19-22H,2-11,18,23-25H2,1H3. The fourth-order valence-electron chi connectivity index (χ4n) is 3.94. The van der Waals surface area contributed by atoms with Gasteiger partial charge in [0.2, 0.25) is 5.91 Å². The zero-order valence-corrected chi connectivity index (χ0v) is 19.0. The van der Waals surface area contributed by atoms with E-state index in [1.165, 1.54) is 75.3 Å². The van der Waals surface area contributed by atoms with Crippen LogP contribution in [0, 0.1) is 0 Å². The second-order valence-corrected chi connectivity index (χ2v) is 8.51. The van der Waals surface area contributed by atoms with Crippen molar-refractivity contribution < 1.29 is 4.79 Å². The normalized spacial score (nSPS) is 10.8. The average molecular weight is 408 g/mol. The van der Waals surface area contributed by atoms with Crippen molar-refractivity contribution in [3.63, 3.8) is 0 Å². The lowest BCUT2D eigenvalue weighted by molar-refractivity contribution is -0.132. The van der Waals surface area contributed by atoms with E-state index >= 15 is 0 Å². The summed E-state index contributed by atoms with van der Waals surface area (Å²) in [6.45, 7) is 3.65. The van der Waals surface area contributed by atoms with Gasteiger partial charge in [-0.05, 0) is 17.5 Å². The molecule has 2 rings (SSSR count). The molecule has 1 amide bonds. The van der Waals surface area contributed by atoms with Gasteiger partial charge in [-0.25, -0.2) is 0 Å². The third kappa shape index (κ3) is 10.6. The quantitative estimate of drug-likeness (QED) is 0.259. The molecule has 0 unspecified atom stereocenters. The summed E-state index contributed by atoms with van der Waals surface area (Å²) in [5, 5.41) is 0. The molecule has 0 aliphatic carbocycles. The highest BCUT2D eigenvalue weighted by Gasteiger charge is 2.14. The van der Waals surface area contributed by atoms with E-state index in [-0.39, 0.29) is 5.91 Å². The van der Waals surface area contributed by atoms with E-state index in [1.54, 1.807) is 0 Å². The first kappa shape index (κ1) is 24.2. The minimum atomic E-state index is 0.277. The summed E-state index contributed by atoms with van der Waals surface area (Å²) in [5.41, 5.74) is 2.39. The van der Waals surface area contributed by atoms with Gasteiger partial charge in [0.1, 0.15) is 0 Å². The smallest absolute Gasteiger partial charge is 0.223 e. The van der Waals surface area contributed by atoms with Crippen LogP contribution >= 0.6 is 0 Å². The molecule has 0 fully saturated rings. The van der Waals surface area contributed by atoms with E-state index in [1.807, 2.05) is 41.3 Å². The Kier molecular flexibility index (Phi) is 12.7. The zero-order valence-electron chi connectivity index (χ0n) is 19.0. The van der Waals surface area contributed by atoms with Crippen molar-refractivity contribution in [2.75, 3.05) is 0 Å². The minimum absolute atomic E-state index is 0.277. The second-order valence-electron chi connectivity index (χ2n) is 8.51. The average Bonchev–Trinajstić information content (AvgIpc) is 2.78. The van der Waals surface area contributed by atoms with Crippen molar-refractivity contribution in [1.82, 2.24) is 4.90 Å². The number of rotatable bonds is 16. The highest BCUT2D eigenvalue weighted by atomic mass is 16.2. The number of benzene rings is 2. The molecular formula is C28H41NO. The molecule has 0 saturated heterocycles. The number of hydrogen-bond acceptors (Lipinski definition) is 1. The van der Waals surface area contributed by atoms with Crippen LogP contribution in [0.5, 0.6) is 0 Å². The first-order valence-electron chi connectivity index (χ1n) is 12.1. The van der Waals surface area contributed by atoms with Gasteiger partial charge in [-0.15, -0.1) is 0 Å². The van der Waals surface area contributed by atoms with Gasteiger partial charge in [-0.2, -0.15) is 0 Å². The van der Waals surface area contributed by atoms with Crippen molar-refractivity contribution in [3.8, 4) is 0 Å². The summed E-state index contributed by atoms with van der Waals surface area (Å²) in [6, 6.07) is 20.7. The zero-order chi connectivity index (χ0) is 21.3. The van der Waals surface area contributed by atoms with Gasteiger partial charge < -0.3 is 4.90 Å². The molecule has 0 heterocycles. The molecule has 2 aromatic carbocycles. The molecule has 2 aromatic rings. The largest absolute Gasteiger partial charge is 0.334 e. The number of hydrogen-bond donors (Lipinski definition) is 0. The molecule has 0 atom stereocenters. The number of carbonyl (C=O) groups is 1. The number of amides is 1. The third-order valence-corrected chi connectivity index (χ3v) is 5.78. The van der Waals surface area contributed by atoms with Crippen LogP contribution in [0.1, 0.15) is 95.1 Å². The van der Waals surface area contributed by atoms with Crippen LogP contribution in [-0.4, -0.2) is 10.8 Å². The molecular weight excluding hydrogens is 366 g/mol. The van der Waals surface area contributed by atoms with Crippen molar-refractivity contribution in [2.45, 2.75) is 97.1 Å². The summed E-state index contributed by atoms with van der Waals surface area (Å²) in [6.07, 6.45) is 15.1. The van der Waals surface area contributed by atoms with E-state index in [4.69, 9.17) is 0 Å². The number of nitrogens with zero attached hydrogens (tertiary/aromatic N) is 1. The fraction of sp³-hybridized carbons (Fsp3) is 0.536. The van der Waals surface area contributed by atoms with Gasteiger partial charge in [-0.3, -0.25) is 4.79 Å². The predicted octanol–water partition coefficient (Wildman–Crippen LogP) is 7.92. The van der Waals surface area contributed by atoms with Gasteiger partial charge in [0, 0.05) is 19.5 Å². The molecule has 0 aliphatic heterocycles. The van der Waals surface area contributed by atoms with Crippen molar-refractivity contribution in [2.24, 2.45) is 0 Å². The Morgan fingerprint density at radius 2 is 1.00 bits per heavy atom. The lowest BCUT2D eigenvalue weighted by Gasteiger charge is -2.23. The Balaban J connectivity index is 1.67. The van der Waals surface area contributed by atoms with E-state index < -0.39 is 0 Å². The first-order chi connectivity index (χ1) is 14.8. The molecule has 0 radical (unpaired) electrons. The van der Waals surface area contributed by atoms with E-state index in [2.05, 4.69) is 31.2 Å². The Morgan fingerprint density at radius 1 is 0.600 bits per heavy atom. The Morgan fingerprint density at radius 3 is 1.43 bits per heavy atom. The lowest BCUT2D eigenvalue weighted by Crippen LogP contribution is -2.29.